The van der Waals surface area contributed by atoms with Gasteiger partial charge in [0.25, 0.3) is 0 Å². The Labute approximate surface area is 874 Å². The van der Waals surface area contributed by atoms with Gasteiger partial charge in [-0.25, -0.2) is 29.5 Å². The second-order valence-corrected chi connectivity index (χ2v) is 38.6. The van der Waals surface area contributed by atoms with E-state index in [2.05, 4.69) is 109 Å². The van der Waals surface area contributed by atoms with E-state index < -0.39 is 26.2 Å². The minimum absolute atomic E-state index is 0. The third kappa shape index (κ3) is 36.5. The average molecular weight is 2110 g/mol. The second kappa shape index (κ2) is 58.7. The smallest absolute Gasteiger partial charge is 0.448 e. The van der Waals surface area contributed by atoms with Crippen LogP contribution in [0.1, 0.15) is 73.3 Å². The van der Waals surface area contributed by atoms with Crippen LogP contribution in [0.5, 0.6) is 0 Å². The zero-order valence-corrected chi connectivity index (χ0v) is 87.9. The van der Waals surface area contributed by atoms with Crippen LogP contribution < -0.4 is 76.7 Å². The Kier molecular flexibility index (Phi) is 48.1. The number of thiophene rings is 2. The van der Waals surface area contributed by atoms with E-state index in [9.17, 15) is 40.3 Å². The van der Waals surface area contributed by atoms with E-state index in [-0.39, 0.29) is 76.1 Å². The summed E-state index contributed by atoms with van der Waals surface area (Å²) >= 11 is 20.9. The summed E-state index contributed by atoms with van der Waals surface area (Å²) in [5, 5.41) is 11.2. The molecule has 47 heteroatoms. The van der Waals surface area contributed by atoms with E-state index in [1.807, 2.05) is 104 Å². The van der Waals surface area contributed by atoms with E-state index in [1.54, 1.807) is 27.6 Å². The number of aryl methyl sites for hydroxylation is 4. The van der Waals surface area contributed by atoms with Crippen LogP contribution in [-0.4, -0.2) is 397 Å². The Bertz CT molecular complexity index is 4900. The summed E-state index contributed by atoms with van der Waals surface area (Å²) in [5.41, 5.74) is 7.36. The summed E-state index contributed by atoms with van der Waals surface area (Å²) in [7, 11) is 0. The molecule has 32 nitrogen and oxygen atoms in total. The van der Waals surface area contributed by atoms with Crippen LogP contribution in [-0.2, 0) is 67.2 Å². The summed E-state index contributed by atoms with van der Waals surface area (Å²) < 4.78 is 124. The fourth-order valence-electron chi connectivity index (χ4n) is 16.7. The van der Waals surface area contributed by atoms with Crippen molar-refractivity contribution < 1.29 is 141 Å². The van der Waals surface area contributed by atoms with Crippen molar-refractivity contribution in [2.45, 2.75) is 104 Å². The number of ketones is 1. The molecule has 1 unspecified atom stereocenters. The number of ether oxygens (including phenoxy) is 9. The maximum absolute atomic E-state index is 12.3. The van der Waals surface area contributed by atoms with Gasteiger partial charge in [0.2, 0.25) is 11.9 Å². The summed E-state index contributed by atoms with van der Waals surface area (Å²) in [5.74, 6) is 4.28. The number of alkyl halides is 3. The molecule has 0 radical (unpaired) electrons. The molecule has 12 aliphatic rings. The molecule has 137 heavy (non-hydrogen) atoms. The number of amides is 2. The van der Waals surface area contributed by atoms with Crippen LogP contribution in [0.3, 0.4) is 0 Å². The first-order valence-electron chi connectivity index (χ1n) is 47.1. The van der Waals surface area contributed by atoms with Gasteiger partial charge < -0.3 is 104 Å². The molecule has 1 atom stereocenters. The molecule has 0 spiro atoms. The van der Waals surface area contributed by atoms with Crippen molar-refractivity contribution in [3.63, 3.8) is 0 Å². The number of carbonyl (C=O) groups is 3. The van der Waals surface area contributed by atoms with Crippen molar-refractivity contribution in [2.24, 2.45) is 0 Å². The van der Waals surface area contributed by atoms with Crippen LogP contribution in [0.25, 0.3) is 32.1 Å². The number of nitrogens with zero attached hydrogens (tertiary/aromatic N) is 17. The minimum Gasteiger partial charge on any atom is -0.448 e. The number of halogens is 10. The zero-order chi connectivity index (χ0) is 96.2. The first-order chi connectivity index (χ1) is 65.9. The predicted molar refractivity (Wildman–Crippen MR) is 526 cm³/mol. The normalized spacial score (nSPS) is 20.4. The zero-order valence-electron chi connectivity index (χ0n) is 79.3. The summed E-state index contributed by atoms with van der Waals surface area (Å²) in [4.78, 5) is 83.8. The number of benzene rings is 2. The molecule has 18 heterocycles. The van der Waals surface area contributed by atoms with Crippen LogP contribution in [0.4, 0.5) is 47.4 Å². The van der Waals surface area contributed by atoms with Crippen molar-refractivity contribution in [3.8, 4) is 11.6 Å². The van der Waals surface area contributed by atoms with Gasteiger partial charge in [0.1, 0.15) is 43.6 Å². The van der Waals surface area contributed by atoms with Gasteiger partial charge in [-0.05, 0) is 124 Å². The number of carbonyl (C=O) groups excluding carboxylic acids is 3. The average Bonchev–Trinajstić information content (AvgIpc) is 1.62. The van der Waals surface area contributed by atoms with Gasteiger partial charge in [0, 0.05) is 149 Å². The van der Waals surface area contributed by atoms with Crippen LogP contribution >= 0.6 is 73.4 Å². The molecule has 0 aliphatic carbocycles. The molecular formula is C90H133B2BrCl3F6KN20O12S2. The fraction of sp³-hybridized carbons (Fsp3) is 0.633. The molecular weight excluding hydrogens is 1980 g/mol. The number of morpholine rings is 2. The number of hydrogen-bond donors (Lipinski definition) is 3. The molecule has 2 aromatic carbocycles. The first kappa shape index (κ1) is 112. The number of rotatable bonds is 17. The van der Waals surface area contributed by atoms with Crippen LogP contribution in [0.2, 0.25) is 0 Å². The van der Waals surface area contributed by atoms with E-state index in [0.717, 1.165) is 285 Å². The molecule has 0 bridgehead atoms. The molecule has 12 aliphatic heterocycles. The van der Waals surface area contributed by atoms with Gasteiger partial charge in [-0.15, -0.1) is 45.9 Å². The summed E-state index contributed by atoms with van der Waals surface area (Å²) in [6.07, 6.45) is 8.39. The van der Waals surface area contributed by atoms with Gasteiger partial charge in [0.05, 0.1) is 159 Å². The molecule has 754 valence electrons. The number of aromatic nitrogens is 8. The Morgan fingerprint density at radius 2 is 0.912 bits per heavy atom. The van der Waals surface area contributed by atoms with Gasteiger partial charge in [-0.3, -0.25) is 38.4 Å². The van der Waals surface area contributed by atoms with E-state index in [4.69, 9.17) is 81.0 Å². The van der Waals surface area contributed by atoms with E-state index >= 15 is 0 Å². The number of nitrogens with one attached hydrogen (secondary N) is 3. The summed E-state index contributed by atoms with van der Waals surface area (Å²) in [6, 6.07) is 21.9. The predicted octanol–water partition coefficient (Wildman–Crippen LogP) is 7.59. The molecule has 3 N–H and O–H groups in total. The Hall–Kier alpha value is -5.15. The van der Waals surface area contributed by atoms with Crippen molar-refractivity contribution >= 4 is 138 Å². The quantitative estimate of drug-likeness (QED) is 0.0450. The third-order valence-electron chi connectivity index (χ3n) is 24.5. The van der Waals surface area contributed by atoms with E-state index in [1.165, 1.54) is 44.6 Å². The number of Topliss-reactive ketones (excluding diaryl/α,β-unsaturated/α-hetero) is 1. The number of anilines is 2. The largest absolute Gasteiger partial charge is 1.00 e. The first-order valence-corrected chi connectivity index (χ1v) is 51.3. The minimum atomic E-state index is -4.72. The molecule has 8 aromatic rings. The number of fused-ring (bicyclic) bond motifs is 2. The van der Waals surface area contributed by atoms with E-state index in [0.29, 0.717) is 89.0 Å². The molecule has 6 aromatic heterocycles. The maximum atomic E-state index is 12.3. The molecule has 12 saturated heterocycles. The van der Waals surface area contributed by atoms with Crippen molar-refractivity contribution in [1.29, 1.82) is 0 Å². The third-order valence-corrected chi connectivity index (χ3v) is 27.8. The van der Waals surface area contributed by atoms with Crippen molar-refractivity contribution in [2.75, 3.05) is 277 Å². The number of quaternary nitrogens is 1. The maximum Gasteiger partial charge on any atom is 1.00 e. The van der Waals surface area contributed by atoms with Crippen LogP contribution in [0.15, 0.2) is 88.3 Å². The Balaban J connectivity index is 0.000000170. The Morgan fingerprint density at radius 1 is 0.489 bits per heavy atom. The fourth-order valence-corrected chi connectivity index (χ4v) is 19.3. The summed E-state index contributed by atoms with van der Waals surface area (Å²) in [6.45, 7) is 33.0. The van der Waals surface area contributed by atoms with Gasteiger partial charge >= 0.3 is 77.5 Å². The molecule has 20 rings (SSSR count). The van der Waals surface area contributed by atoms with Crippen molar-refractivity contribution in [1.82, 2.24) is 84.0 Å². The Morgan fingerprint density at radius 3 is 1.37 bits per heavy atom. The number of hydrogen-bond acceptors (Lipinski definition) is 29. The van der Waals surface area contributed by atoms with Crippen LogP contribution in [0, 0.1) is 27.7 Å². The molecule has 0 saturated carbocycles. The monoisotopic (exact) mass is 2110 g/mol. The second-order valence-electron chi connectivity index (χ2n) is 34.9. The van der Waals surface area contributed by atoms with Gasteiger partial charge in [-0.2, -0.15) is 21.6 Å². The standard InChI is InChI=1S/C24H33N7O2S.C16H22N2O3.C15H16BrN5OS.C13H18N2O2.C9H17BF3N2O.C8H16N2O.C3H4O2.CH2BClF3.CH2Cl2.K.H2/c1-17-12-31(18(2)25-17)23-22-21(26-24(27-23)30-8-10-32-11-9-30)19(16-34-22)13-28-4-3-5-29(7-6-28)20-14-33-15-20;19-16(21-11-14-5-2-1-3-6-14)18-8-4-7-17(9-10-18)15-12-20-13-15;1-9-7-21(10(2)17-9)14-13-12(11(16)8-23-13)18-15(19-14)20-3-5-22-6-4-20;16-13(15-9-4-7-14-8-10-15)17-11-12-5-2-1-3-6-12;11-10(12,13)8-14-2-1-3-15(5-4-14)9-6-16-7-9;1-2-9-3-5-10(4-1)8-6-11-7-8;4-3-1-5-2-3;3-1-2(4,5)6;2-1-3;;/h12,16,20H,3-11,13-15H2,1-2H3;1-3,5-6,15H,4,7-13H2;7-8H,3-6H2,1-2H3;1-3,5-6,14H,4,7-11H2;9H,1-8H2;8-9H,1-7H2;1-2H2;1H2;1H2;;1H/q;;;;-1;;;-1;;+1;/p+1. The van der Waals surface area contributed by atoms with Gasteiger partial charge in [-0.1, -0.05) is 60.7 Å². The van der Waals surface area contributed by atoms with Gasteiger partial charge in [0.15, 0.2) is 17.4 Å². The topological polar surface area (TPSA) is 279 Å². The molecule has 2 amide bonds. The van der Waals surface area contributed by atoms with Crippen molar-refractivity contribution in [3.05, 3.63) is 128 Å². The SMILES string of the molecule is C1CNCCN(C2COC2)C1.Cc1cn(-c2nc(N3CCOCC3)nc3c(Br)csc23)c(C)n1.Cc1cn(-c2nc(N3CCOCC3)nc3c(CN4CCCN(C5COC5)CC4)csc23)c(C)n1.ClCCl.F[B-](F)(F)CCl.F[B-](F)(F)C[NH+]1CCCN(C2COC2)CC1.O=C(OCc1ccccc1)N1CCCN(C2COC2)CC1.O=C(OCc1ccccc1)N1CCCNCC1.O=C1COC1.[HH].[K+]. The number of imidazole rings is 2. The molecule has 12 fully saturated rings.